The van der Waals surface area contributed by atoms with Gasteiger partial charge in [0.05, 0.1) is 29.1 Å². The van der Waals surface area contributed by atoms with E-state index < -0.39 is 0 Å². The van der Waals surface area contributed by atoms with Crippen LogP contribution in [0.5, 0.6) is 5.75 Å². The molecule has 0 spiro atoms. The fourth-order valence-corrected chi connectivity index (χ4v) is 10.8. The molecular formula is C68H74N4O. The van der Waals surface area contributed by atoms with Crippen LogP contribution in [-0.4, -0.2) is 22.8 Å². The Balaban J connectivity index is 0.911. The van der Waals surface area contributed by atoms with E-state index in [1.54, 1.807) is 0 Å². The summed E-state index contributed by atoms with van der Waals surface area (Å²) in [6.45, 7) is 27.7. The molecule has 5 heteroatoms. The summed E-state index contributed by atoms with van der Waals surface area (Å²) < 4.78 is 8.96. The highest BCUT2D eigenvalue weighted by Gasteiger charge is 2.29. The van der Waals surface area contributed by atoms with Gasteiger partial charge >= 0.3 is 0 Å². The molecule has 9 aromatic rings. The lowest BCUT2D eigenvalue weighted by Crippen LogP contribution is -2.29. The zero-order valence-electron chi connectivity index (χ0n) is 45.2. The van der Waals surface area contributed by atoms with E-state index in [9.17, 15) is 0 Å². The van der Waals surface area contributed by atoms with Gasteiger partial charge in [-0.05, 0) is 152 Å². The van der Waals surface area contributed by atoms with Gasteiger partial charge in [-0.2, -0.15) is 0 Å². The Labute approximate surface area is 435 Å². The van der Waals surface area contributed by atoms with Crippen molar-refractivity contribution in [2.45, 2.75) is 124 Å². The number of hydrogen-bond acceptors (Lipinski definition) is 4. The largest absolute Gasteiger partial charge is 0.489 e. The van der Waals surface area contributed by atoms with Crippen LogP contribution in [0.3, 0.4) is 0 Å². The van der Waals surface area contributed by atoms with Crippen molar-refractivity contribution in [1.82, 2.24) is 9.55 Å². The smallest absolute Gasteiger partial charge is 0.137 e. The standard InChI is InChI=1S/C68H74N4O/c1-46(2)59-40-53(68(9,10)11)41-60(50-24-20-25-51(38-50)66(3,4)5)56(59)27-17-18-36-70-45-71(62-33-30-49(39-64(62)70)48-22-13-12-14-23-48)54-26-19-21-47(37-54)44-73-55-31-32-58-57-28-15-16-29-61(57)72(63(58)43-55)65-42-52(34-35-69-65)67(6,7)8/h12-16,19-26,28-35,37-43,46H,17-18,27,36,44-45H2,1-11H3. The maximum absolute atomic E-state index is 6.68. The molecule has 2 aromatic heterocycles. The van der Waals surface area contributed by atoms with Crippen LogP contribution in [0.4, 0.5) is 17.1 Å². The van der Waals surface area contributed by atoms with E-state index in [0.717, 1.165) is 60.6 Å². The molecule has 0 unspecified atom stereocenters. The van der Waals surface area contributed by atoms with E-state index in [4.69, 9.17) is 9.72 Å². The van der Waals surface area contributed by atoms with Crippen molar-refractivity contribution in [3.05, 3.63) is 203 Å². The van der Waals surface area contributed by atoms with Crippen LogP contribution in [0.25, 0.3) is 49.9 Å². The van der Waals surface area contributed by atoms with Gasteiger partial charge in [0.15, 0.2) is 0 Å². The van der Waals surface area contributed by atoms with Crippen molar-refractivity contribution < 1.29 is 4.74 Å². The summed E-state index contributed by atoms with van der Waals surface area (Å²) in [7, 11) is 0. The number of nitrogens with zero attached hydrogens (tertiary/aromatic N) is 4. The van der Waals surface area contributed by atoms with Gasteiger partial charge in [-0.3, -0.25) is 4.57 Å². The monoisotopic (exact) mass is 963 g/mol. The van der Waals surface area contributed by atoms with Crippen molar-refractivity contribution in [3.8, 4) is 33.8 Å². The minimum atomic E-state index is 0.00260. The molecule has 5 nitrogen and oxygen atoms in total. The number of unbranched alkanes of at least 4 members (excludes halogenated alkanes) is 1. The molecule has 0 fully saturated rings. The first-order valence-electron chi connectivity index (χ1n) is 26.6. The van der Waals surface area contributed by atoms with Gasteiger partial charge in [-0.1, -0.05) is 179 Å². The average molecular weight is 963 g/mol. The van der Waals surface area contributed by atoms with Crippen molar-refractivity contribution >= 4 is 38.9 Å². The zero-order valence-corrected chi connectivity index (χ0v) is 45.2. The van der Waals surface area contributed by atoms with E-state index >= 15 is 0 Å². The predicted octanol–water partition coefficient (Wildman–Crippen LogP) is 18.0. The van der Waals surface area contributed by atoms with Crippen molar-refractivity contribution in [2.75, 3.05) is 23.0 Å². The topological polar surface area (TPSA) is 33.5 Å². The fourth-order valence-electron chi connectivity index (χ4n) is 10.8. The number of rotatable bonds is 13. The molecule has 0 radical (unpaired) electrons. The first-order valence-corrected chi connectivity index (χ1v) is 26.6. The third-order valence-corrected chi connectivity index (χ3v) is 15.1. The van der Waals surface area contributed by atoms with Gasteiger partial charge in [0.25, 0.3) is 0 Å². The van der Waals surface area contributed by atoms with Gasteiger partial charge in [-0.25, -0.2) is 4.98 Å². The van der Waals surface area contributed by atoms with Crippen LogP contribution in [0.15, 0.2) is 170 Å². The van der Waals surface area contributed by atoms with Crippen LogP contribution in [0.1, 0.15) is 128 Å². The van der Waals surface area contributed by atoms with Crippen LogP contribution < -0.4 is 14.5 Å². The van der Waals surface area contributed by atoms with E-state index in [-0.39, 0.29) is 16.2 Å². The van der Waals surface area contributed by atoms with E-state index in [2.05, 4.69) is 254 Å². The average Bonchev–Trinajstić information content (AvgIpc) is 3.91. The summed E-state index contributed by atoms with van der Waals surface area (Å²) in [4.78, 5) is 9.98. The second-order valence-corrected chi connectivity index (χ2v) is 23.8. The van der Waals surface area contributed by atoms with Crippen molar-refractivity contribution in [3.63, 3.8) is 0 Å². The van der Waals surface area contributed by atoms with Crippen LogP contribution in [0, 0.1) is 0 Å². The quantitative estimate of drug-likeness (QED) is 0.108. The van der Waals surface area contributed by atoms with Gasteiger partial charge in [-0.15, -0.1) is 0 Å². The summed E-state index contributed by atoms with van der Waals surface area (Å²) >= 11 is 0. The first-order chi connectivity index (χ1) is 34.9. The third kappa shape index (κ3) is 10.3. The molecule has 0 atom stereocenters. The molecule has 3 heterocycles. The first kappa shape index (κ1) is 49.5. The highest BCUT2D eigenvalue weighted by molar-refractivity contribution is 6.09. The summed E-state index contributed by atoms with van der Waals surface area (Å²) in [6.07, 6.45) is 5.16. The van der Waals surface area contributed by atoms with Gasteiger partial charge in [0.1, 0.15) is 18.2 Å². The number of ether oxygens (including phenoxy) is 1. The Morgan fingerprint density at radius 2 is 1.26 bits per heavy atom. The van der Waals surface area contributed by atoms with Crippen LogP contribution >= 0.6 is 0 Å². The Bertz CT molecular complexity index is 3430. The van der Waals surface area contributed by atoms with Gasteiger partial charge in [0, 0.05) is 35.3 Å². The van der Waals surface area contributed by atoms with Gasteiger partial charge < -0.3 is 14.5 Å². The molecular weight excluding hydrogens is 889 g/mol. The van der Waals surface area contributed by atoms with E-state index in [1.165, 1.54) is 77.9 Å². The number of benzene rings is 7. The second-order valence-electron chi connectivity index (χ2n) is 23.8. The summed E-state index contributed by atoms with van der Waals surface area (Å²) in [6, 6.07) is 60.5. The minimum Gasteiger partial charge on any atom is -0.489 e. The highest BCUT2D eigenvalue weighted by atomic mass is 16.5. The van der Waals surface area contributed by atoms with Gasteiger partial charge in [0.2, 0.25) is 0 Å². The Morgan fingerprint density at radius 3 is 2.03 bits per heavy atom. The van der Waals surface area contributed by atoms with Crippen LogP contribution in [-0.2, 0) is 29.3 Å². The summed E-state index contributed by atoms with van der Waals surface area (Å²) in [5, 5.41) is 2.39. The Morgan fingerprint density at radius 1 is 0.548 bits per heavy atom. The number of hydrogen-bond donors (Lipinski definition) is 0. The van der Waals surface area contributed by atoms with Crippen molar-refractivity contribution in [1.29, 1.82) is 0 Å². The molecule has 1 aliphatic heterocycles. The van der Waals surface area contributed by atoms with Crippen LogP contribution in [0.2, 0.25) is 0 Å². The number of pyridine rings is 1. The molecule has 0 saturated heterocycles. The maximum Gasteiger partial charge on any atom is 0.137 e. The zero-order chi connectivity index (χ0) is 51.2. The summed E-state index contributed by atoms with van der Waals surface area (Å²) in [5.41, 5.74) is 19.4. The molecule has 0 aliphatic carbocycles. The SMILES string of the molecule is CC(C)c1cc(C(C)(C)C)cc(-c2cccc(C(C)(C)C)c2)c1CCCCN1CN(c2cccc(COc3ccc4c5ccccc5n(-c5cc(C(C)(C)C)ccn5)c4c3)c2)c2ccc(-c3ccccc3)cc21. The normalized spacial score (nSPS) is 13.2. The number of anilines is 3. The molecule has 0 saturated carbocycles. The number of para-hydroxylation sites is 1. The Hall–Kier alpha value is -7.11. The molecule has 0 N–H and O–H groups in total. The maximum atomic E-state index is 6.68. The number of fused-ring (bicyclic) bond motifs is 4. The number of aromatic nitrogens is 2. The predicted molar refractivity (Wildman–Crippen MR) is 311 cm³/mol. The minimum absolute atomic E-state index is 0.00260. The van der Waals surface area contributed by atoms with E-state index in [0.29, 0.717) is 12.5 Å². The highest BCUT2D eigenvalue weighted by Crippen LogP contribution is 2.44. The Kier molecular flexibility index (Phi) is 13.4. The molecule has 372 valence electrons. The lowest BCUT2D eigenvalue weighted by Gasteiger charge is -2.27. The lowest BCUT2D eigenvalue weighted by atomic mass is 9.78. The summed E-state index contributed by atoms with van der Waals surface area (Å²) in [5.74, 6) is 2.17. The molecule has 0 amide bonds. The van der Waals surface area contributed by atoms with Crippen molar-refractivity contribution in [2.24, 2.45) is 0 Å². The molecule has 10 rings (SSSR count). The molecule has 0 bridgehead atoms. The fraction of sp³-hybridized carbons (Fsp3) is 0.309. The third-order valence-electron chi connectivity index (χ3n) is 15.1. The molecule has 7 aromatic carbocycles. The molecule has 73 heavy (non-hydrogen) atoms. The second kappa shape index (κ2) is 19.7. The van der Waals surface area contributed by atoms with E-state index in [1.807, 2.05) is 6.20 Å². The molecule has 1 aliphatic rings. The lowest BCUT2D eigenvalue weighted by molar-refractivity contribution is 0.306.